The van der Waals surface area contributed by atoms with Crippen LogP contribution in [-0.4, -0.2) is 37.4 Å². The third kappa shape index (κ3) is 12.6. The SMILES string of the molecule is CCCCCCCCCCCc1ccccc1OC(CC)OC(=O)C(C)C[N+](C)(C)Cc1ccccc1. The molecule has 0 radical (unpaired) electrons. The lowest BCUT2D eigenvalue weighted by Crippen LogP contribution is -2.44. The van der Waals surface area contributed by atoms with E-state index in [-0.39, 0.29) is 11.9 Å². The lowest BCUT2D eigenvalue weighted by molar-refractivity contribution is -0.905. The van der Waals surface area contributed by atoms with Crippen LogP contribution in [0.5, 0.6) is 5.75 Å². The summed E-state index contributed by atoms with van der Waals surface area (Å²) in [4.78, 5) is 13.0. The summed E-state index contributed by atoms with van der Waals surface area (Å²) in [5.74, 6) is 0.436. The van der Waals surface area contributed by atoms with Gasteiger partial charge in [-0.2, -0.15) is 0 Å². The molecule has 0 bridgehead atoms. The quantitative estimate of drug-likeness (QED) is 0.0824. The maximum Gasteiger partial charge on any atom is 0.317 e. The summed E-state index contributed by atoms with van der Waals surface area (Å²) in [7, 11) is 4.32. The highest BCUT2D eigenvalue weighted by molar-refractivity contribution is 5.72. The van der Waals surface area contributed by atoms with E-state index in [4.69, 9.17) is 9.47 Å². The van der Waals surface area contributed by atoms with Crippen LogP contribution in [-0.2, 0) is 22.5 Å². The maximum atomic E-state index is 13.0. The van der Waals surface area contributed by atoms with Crippen LogP contribution in [0.1, 0.15) is 96.1 Å². The van der Waals surface area contributed by atoms with Crippen molar-refractivity contribution in [3.05, 3.63) is 65.7 Å². The summed E-state index contributed by atoms with van der Waals surface area (Å²) in [6.07, 6.45) is 12.9. The van der Waals surface area contributed by atoms with Gasteiger partial charge in [-0.15, -0.1) is 0 Å². The largest absolute Gasteiger partial charge is 0.455 e. The molecule has 2 unspecified atom stereocenters. The van der Waals surface area contributed by atoms with Crippen LogP contribution >= 0.6 is 0 Å². The number of hydrogen-bond donors (Lipinski definition) is 0. The van der Waals surface area contributed by atoms with E-state index in [0.29, 0.717) is 13.0 Å². The van der Waals surface area contributed by atoms with Gasteiger partial charge in [0.2, 0.25) is 6.29 Å². The standard InChI is InChI=1S/C33H52NO3/c1-6-8-9-10-11-12-13-14-18-23-30-24-19-20-25-31(30)36-32(7-2)37-33(35)28(3)26-34(4,5)27-29-21-16-15-17-22-29/h15-17,19-22,24-25,28,32H,6-14,18,23,26-27H2,1-5H3/q+1. The molecule has 37 heavy (non-hydrogen) atoms. The summed E-state index contributed by atoms with van der Waals surface area (Å²) in [5, 5.41) is 0. The Hall–Kier alpha value is -2.33. The normalized spacial score (nSPS) is 13.2. The molecular weight excluding hydrogens is 458 g/mol. The van der Waals surface area contributed by atoms with E-state index in [1.807, 2.05) is 32.0 Å². The minimum absolute atomic E-state index is 0.192. The van der Waals surface area contributed by atoms with Gasteiger partial charge in [0, 0.05) is 12.0 Å². The number of hydrogen-bond acceptors (Lipinski definition) is 3. The molecule has 0 aliphatic carbocycles. The predicted molar refractivity (Wildman–Crippen MR) is 154 cm³/mol. The Morgan fingerprint density at radius 1 is 0.811 bits per heavy atom. The van der Waals surface area contributed by atoms with Crippen molar-refractivity contribution in [1.29, 1.82) is 0 Å². The zero-order chi connectivity index (χ0) is 26.9. The molecule has 4 nitrogen and oxygen atoms in total. The van der Waals surface area contributed by atoms with Crippen LogP contribution in [0.4, 0.5) is 0 Å². The van der Waals surface area contributed by atoms with Crippen LogP contribution in [0, 0.1) is 5.92 Å². The van der Waals surface area contributed by atoms with Crippen molar-refractivity contribution < 1.29 is 18.8 Å². The minimum Gasteiger partial charge on any atom is -0.455 e. The van der Waals surface area contributed by atoms with Gasteiger partial charge in [-0.3, -0.25) is 4.79 Å². The number of esters is 1. The van der Waals surface area contributed by atoms with Gasteiger partial charge in [-0.05, 0) is 31.4 Å². The molecule has 0 heterocycles. The van der Waals surface area contributed by atoms with Gasteiger partial charge in [0.1, 0.15) is 18.2 Å². The lowest BCUT2D eigenvalue weighted by atomic mass is 10.0. The second-order valence-corrected chi connectivity index (χ2v) is 11.2. The number of rotatable bonds is 19. The van der Waals surface area contributed by atoms with E-state index in [1.54, 1.807) is 0 Å². The highest BCUT2D eigenvalue weighted by atomic mass is 16.7. The molecule has 2 atom stereocenters. The molecule has 0 aromatic heterocycles. The fourth-order valence-electron chi connectivity index (χ4n) is 4.99. The van der Waals surface area contributed by atoms with E-state index in [0.717, 1.165) is 29.6 Å². The summed E-state index contributed by atoms with van der Waals surface area (Å²) in [6, 6.07) is 18.6. The van der Waals surface area contributed by atoms with Gasteiger partial charge in [0.25, 0.3) is 0 Å². The molecule has 0 saturated carbocycles. The number of carbonyl (C=O) groups is 1. The number of quaternary nitrogens is 1. The number of aryl methyl sites for hydroxylation is 1. The highest BCUT2D eigenvalue weighted by Gasteiger charge is 2.28. The highest BCUT2D eigenvalue weighted by Crippen LogP contribution is 2.24. The number of ether oxygens (including phenoxy) is 2. The average molecular weight is 511 g/mol. The van der Waals surface area contributed by atoms with Gasteiger partial charge in [0.05, 0.1) is 20.6 Å². The van der Waals surface area contributed by atoms with Crippen molar-refractivity contribution in [2.24, 2.45) is 5.92 Å². The summed E-state index contributed by atoms with van der Waals surface area (Å²) in [6.45, 7) is 7.81. The molecule has 2 aromatic rings. The van der Waals surface area contributed by atoms with Gasteiger partial charge >= 0.3 is 5.97 Å². The summed E-state index contributed by atoms with van der Waals surface area (Å²) >= 11 is 0. The number of nitrogens with zero attached hydrogens (tertiary/aromatic N) is 1. The van der Waals surface area contributed by atoms with Gasteiger partial charge in [0.15, 0.2) is 0 Å². The monoisotopic (exact) mass is 510 g/mol. The topological polar surface area (TPSA) is 35.5 Å². The Morgan fingerprint density at radius 3 is 2.05 bits per heavy atom. The number of unbranched alkanes of at least 4 members (excludes halogenated alkanes) is 8. The molecule has 206 valence electrons. The van der Waals surface area contributed by atoms with Gasteiger partial charge in [-0.1, -0.05) is 114 Å². The molecule has 0 fully saturated rings. The smallest absolute Gasteiger partial charge is 0.317 e. The van der Waals surface area contributed by atoms with E-state index in [9.17, 15) is 4.79 Å². The Kier molecular flexibility index (Phi) is 14.4. The Labute approximate surface area is 227 Å². The molecule has 4 heteroatoms. The van der Waals surface area contributed by atoms with Gasteiger partial charge in [-0.25, -0.2) is 0 Å². The zero-order valence-electron chi connectivity index (χ0n) is 24.2. The lowest BCUT2D eigenvalue weighted by Gasteiger charge is -2.32. The van der Waals surface area contributed by atoms with Crippen molar-refractivity contribution >= 4 is 5.97 Å². The predicted octanol–water partition coefficient (Wildman–Crippen LogP) is 8.33. The number of benzene rings is 2. The summed E-state index contributed by atoms with van der Waals surface area (Å²) in [5.41, 5.74) is 2.47. The van der Waals surface area contributed by atoms with Crippen molar-refractivity contribution in [3.8, 4) is 5.75 Å². The molecule has 2 aromatic carbocycles. The molecule has 0 saturated heterocycles. The molecule has 0 N–H and O–H groups in total. The van der Waals surface area contributed by atoms with E-state index in [2.05, 4.69) is 57.4 Å². The number of para-hydroxylation sites is 1. The molecule has 2 rings (SSSR count). The van der Waals surface area contributed by atoms with E-state index in [1.165, 1.54) is 62.5 Å². The first-order valence-electron chi connectivity index (χ1n) is 14.7. The second kappa shape index (κ2) is 17.2. The summed E-state index contributed by atoms with van der Waals surface area (Å²) < 4.78 is 12.8. The fraction of sp³-hybridized carbons (Fsp3) is 0.606. The van der Waals surface area contributed by atoms with Crippen molar-refractivity contribution in [3.63, 3.8) is 0 Å². The first kappa shape index (κ1) is 30.9. The van der Waals surface area contributed by atoms with Crippen molar-refractivity contribution in [2.45, 2.75) is 104 Å². The van der Waals surface area contributed by atoms with E-state index >= 15 is 0 Å². The van der Waals surface area contributed by atoms with Gasteiger partial charge < -0.3 is 14.0 Å². The Balaban J connectivity index is 1.80. The van der Waals surface area contributed by atoms with Crippen LogP contribution in [0.3, 0.4) is 0 Å². The molecule has 0 spiro atoms. The minimum atomic E-state index is -0.566. The zero-order valence-corrected chi connectivity index (χ0v) is 24.2. The third-order valence-corrected chi connectivity index (χ3v) is 6.99. The van der Waals surface area contributed by atoms with Crippen LogP contribution in [0.2, 0.25) is 0 Å². The Morgan fingerprint density at radius 2 is 1.41 bits per heavy atom. The average Bonchev–Trinajstić information content (AvgIpc) is 2.88. The van der Waals surface area contributed by atoms with Crippen LogP contribution in [0.25, 0.3) is 0 Å². The molecule has 0 aliphatic rings. The first-order valence-corrected chi connectivity index (χ1v) is 14.7. The molecule has 0 amide bonds. The second-order valence-electron chi connectivity index (χ2n) is 11.2. The van der Waals surface area contributed by atoms with E-state index < -0.39 is 6.29 Å². The maximum absolute atomic E-state index is 13.0. The first-order chi connectivity index (χ1) is 17.8. The molecular formula is C33H52NO3+. The Bertz CT molecular complexity index is 880. The third-order valence-electron chi connectivity index (χ3n) is 6.99. The van der Waals surface area contributed by atoms with Crippen molar-refractivity contribution in [2.75, 3.05) is 20.6 Å². The van der Waals surface area contributed by atoms with Crippen molar-refractivity contribution in [1.82, 2.24) is 0 Å². The molecule has 0 aliphatic heterocycles. The number of carbonyl (C=O) groups excluding carboxylic acids is 1. The van der Waals surface area contributed by atoms with Crippen LogP contribution in [0.15, 0.2) is 54.6 Å². The fourth-order valence-corrected chi connectivity index (χ4v) is 4.99. The van der Waals surface area contributed by atoms with Crippen LogP contribution < -0.4 is 4.74 Å².